The van der Waals surface area contributed by atoms with Gasteiger partial charge in [0, 0.05) is 29.7 Å². The van der Waals surface area contributed by atoms with Crippen LogP contribution in [-0.4, -0.2) is 27.7 Å². The normalized spacial score (nSPS) is 10.6. The van der Waals surface area contributed by atoms with Crippen molar-refractivity contribution in [3.05, 3.63) is 65.6 Å². The topological polar surface area (TPSA) is 75.5 Å². The van der Waals surface area contributed by atoms with Gasteiger partial charge in [0.2, 0.25) is 0 Å². The average Bonchev–Trinajstić information content (AvgIpc) is 3.01. The van der Waals surface area contributed by atoms with Gasteiger partial charge in [-0.3, -0.25) is 9.59 Å². The second-order valence-electron chi connectivity index (χ2n) is 5.42. The van der Waals surface area contributed by atoms with Gasteiger partial charge in [-0.15, -0.1) is 0 Å². The Labute approximate surface area is 139 Å². The number of amides is 2. The zero-order valence-electron chi connectivity index (χ0n) is 13.5. The molecule has 0 atom stereocenters. The Kier molecular flexibility index (Phi) is 4.29. The monoisotopic (exact) mass is 322 g/mol. The summed E-state index contributed by atoms with van der Waals surface area (Å²) in [6.07, 6.45) is 1.70. The maximum atomic E-state index is 12.4. The number of carbonyl (C=O) groups excluding carboxylic acids is 2. The van der Waals surface area contributed by atoms with Gasteiger partial charge in [0.15, 0.2) is 0 Å². The van der Waals surface area contributed by atoms with Crippen LogP contribution in [0.15, 0.2) is 48.7 Å². The van der Waals surface area contributed by atoms with Crippen molar-refractivity contribution in [2.45, 2.75) is 13.8 Å². The third-order valence-electron chi connectivity index (χ3n) is 3.65. The molecule has 122 valence electrons. The van der Waals surface area contributed by atoms with E-state index in [9.17, 15) is 9.59 Å². The molecule has 0 bridgehead atoms. The first kappa shape index (κ1) is 15.7. The van der Waals surface area contributed by atoms with E-state index in [-0.39, 0.29) is 11.8 Å². The number of pyridine rings is 1. The maximum Gasteiger partial charge on any atom is 0.275 e. The number of fused-ring (bicyclic) bond motifs is 1. The molecular formula is C18H18N4O2. The lowest BCUT2D eigenvalue weighted by atomic mass is 10.2. The number of nitrogens with zero attached hydrogens (tertiary/aromatic N) is 2. The lowest BCUT2D eigenvalue weighted by molar-refractivity contribution is 0.0954. The first-order valence-corrected chi connectivity index (χ1v) is 7.73. The molecule has 3 rings (SSSR count). The number of aryl methyl sites for hydroxylation is 1. The van der Waals surface area contributed by atoms with Crippen molar-refractivity contribution in [2.24, 2.45) is 0 Å². The van der Waals surface area contributed by atoms with E-state index in [1.165, 1.54) is 0 Å². The summed E-state index contributed by atoms with van der Waals surface area (Å²) in [5.74, 6) is -0.483. The number of aromatic nitrogens is 2. The molecule has 0 saturated heterocycles. The molecule has 0 spiro atoms. The van der Waals surface area contributed by atoms with Crippen LogP contribution in [0.5, 0.6) is 0 Å². The lowest BCUT2D eigenvalue weighted by Crippen LogP contribution is -2.22. The predicted octanol–water partition coefficient (Wildman–Crippen LogP) is 2.64. The largest absolute Gasteiger partial charge is 0.352 e. The molecule has 2 amide bonds. The standard InChI is InChI=1S/C18H18N4O2/c1-3-19-17(23)13-7-5-8-14(10-13)20-18(24)15-11-22-12(2)6-4-9-16(22)21-15/h4-11H,3H2,1-2H3,(H,19,23)(H,20,24). The molecule has 0 aliphatic heterocycles. The molecule has 24 heavy (non-hydrogen) atoms. The summed E-state index contributed by atoms with van der Waals surface area (Å²) >= 11 is 0. The molecule has 0 unspecified atom stereocenters. The van der Waals surface area contributed by atoms with E-state index in [2.05, 4.69) is 15.6 Å². The molecular weight excluding hydrogens is 304 g/mol. The minimum absolute atomic E-state index is 0.169. The van der Waals surface area contributed by atoms with Crippen molar-refractivity contribution >= 4 is 23.1 Å². The van der Waals surface area contributed by atoms with E-state index in [1.807, 2.05) is 36.4 Å². The third-order valence-corrected chi connectivity index (χ3v) is 3.65. The van der Waals surface area contributed by atoms with Gasteiger partial charge in [-0.25, -0.2) is 4.98 Å². The third kappa shape index (κ3) is 3.12. The van der Waals surface area contributed by atoms with Crippen molar-refractivity contribution in [2.75, 3.05) is 11.9 Å². The van der Waals surface area contributed by atoms with Crippen LogP contribution in [0.4, 0.5) is 5.69 Å². The summed E-state index contributed by atoms with van der Waals surface area (Å²) in [6, 6.07) is 12.5. The Hall–Kier alpha value is -3.15. The summed E-state index contributed by atoms with van der Waals surface area (Å²) in [5.41, 5.74) is 3.10. The fourth-order valence-corrected chi connectivity index (χ4v) is 2.45. The Balaban J connectivity index is 1.82. The Morgan fingerprint density at radius 2 is 1.92 bits per heavy atom. The molecule has 0 aliphatic carbocycles. The van der Waals surface area contributed by atoms with Crippen molar-refractivity contribution in [3.8, 4) is 0 Å². The van der Waals surface area contributed by atoms with Crippen molar-refractivity contribution in [1.29, 1.82) is 0 Å². The predicted molar refractivity (Wildman–Crippen MR) is 92.3 cm³/mol. The highest BCUT2D eigenvalue weighted by Crippen LogP contribution is 2.14. The van der Waals surface area contributed by atoms with Gasteiger partial charge in [0.1, 0.15) is 11.3 Å². The molecule has 3 aromatic rings. The number of nitrogens with one attached hydrogen (secondary N) is 2. The fraction of sp³-hybridized carbons (Fsp3) is 0.167. The van der Waals surface area contributed by atoms with Gasteiger partial charge >= 0.3 is 0 Å². The quantitative estimate of drug-likeness (QED) is 0.775. The summed E-state index contributed by atoms with van der Waals surface area (Å²) in [6.45, 7) is 4.36. The number of carbonyl (C=O) groups is 2. The first-order valence-electron chi connectivity index (χ1n) is 7.73. The zero-order chi connectivity index (χ0) is 17.1. The number of benzene rings is 1. The summed E-state index contributed by atoms with van der Waals surface area (Å²) in [5, 5.41) is 5.51. The Bertz CT molecular complexity index is 914. The van der Waals surface area contributed by atoms with E-state index >= 15 is 0 Å². The van der Waals surface area contributed by atoms with Gasteiger partial charge < -0.3 is 15.0 Å². The second kappa shape index (κ2) is 6.54. The molecule has 0 fully saturated rings. The summed E-state index contributed by atoms with van der Waals surface area (Å²) < 4.78 is 1.86. The van der Waals surface area contributed by atoms with Gasteiger partial charge in [-0.1, -0.05) is 12.1 Å². The van der Waals surface area contributed by atoms with Crippen LogP contribution in [0.2, 0.25) is 0 Å². The van der Waals surface area contributed by atoms with Crippen LogP contribution in [0.25, 0.3) is 5.65 Å². The highest BCUT2D eigenvalue weighted by atomic mass is 16.2. The molecule has 2 N–H and O–H groups in total. The molecule has 0 saturated carbocycles. The van der Waals surface area contributed by atoms with E-state index < -0.39 is 0 Å². The molecule has 1 aromatic carbocycles. The van der Waals surface area contributed by atoms with E-state index in [0.717, 1.165) is 11.3 Å². The Morgan fingerprint density at radius 1 is 1.12 bits per heavy atom. The number of hydrogen-bond donors (Lipinski definition) is 2. The van der Waals surface area contributed by atoms with Crippen LogP contribution in [0.3, 0.4) is 0 Å². The number of hydrogen-bond acceptors (Lipinski definition) is 3. The first-order chi connectivity index (χ1) is 11.6. The number of imidazole rings is 1. The van der Waals surface area contributed by atoms with E-state index in [4.69, 9.17) is 0 Å². The van der Waals surface area contributed by atoms with Gasteiger partial charge in [-0.05, 0) is 44.2 Å². The van der Waals surface area contributed by atoms with Gasteiger partial charge in [-0.2, -0.15) is 0 Å². The van der Waals surface area contributed by atoms with Crippen LogP contribution in [-0.2, 0) is 0 Å². The minimum Gasteiger partial charge on any atom is -0.352 e. The van der Waals surface area contributed by atoms with Crippen LogP contribution < -0.4 is 10.6 Å². The smallest absolute Gasteiger partial charge is 0.275 e. The van der Waals surface area contributed by atoms with Crippen molar-refractivity contribution < 1.29 is 9.59 Å². The highest BCUT2D eigenvalue weighted by Gasteiger charge is 2.13. The SMILES string of the molecule is CCNC(=O)c1cccc(NC(=O)c2cn3c(C)cccc3n2)c1. The molecule has 0 radical (unpaired) electrons. The van der Waals surface area contributed by atoms with Crippen molar-refractivity contribution in [1.82, 2.24) is 14.7 Å². The molecule has 2 aromatic heterocycles. The fourth-order valence-electron chi connectivity index (χ4n) is 2.45. The van der Waals surface area contributed by atoms with Gasteiger partial charge in [0.25, 0.3) is 11.8 Å². The van der Waals surface area contributed by atoms with Gasteiger partial charge in [0.05, 0.1) is 0 Å². The highest BCUT2D eigenvalue weighted by molar-refractivity contribution is 6.04. The van der Waals surface area contributed by atoms with E-state index in [0.29, 0.717) is 23.5 Å². The lowest BCUT2D eigenvalue weighted by Gasteiger charge is -2.06. The second-order valence-corrected chi connectivity index (χ2v) is 5.42. The average molecular weight is 322 g/mol. The maximum absolute atomic E-state index is 12.4. The van der Waals surface area contributed by atoms with Crippen molar-refractivity contribution in [3.63, 3.8) is 0 Å². The van der Waals surface area contributed by atoms with Crippen LogP contribution in [0, 0.1) is 6.92 Å². The summed E-state index contributed by atoms with van der Waals surface area (Å²) in [7, 11) is 0. The summed E-state index contributed by atoms with van der Waals surface area (Å²) in [4.78, 5) is 28.6. The van der Waals surface area contributed by atoms with Crippen LogP contribution >= 0.6 is 0 Å². The van der Waals surface area contributed by atoms with E-state index in [1.54, 1.807) is 30.5 Å². The molecule has 6 heteroatoms. The number of anilines is 1. The number of rotatable bonds is 4. The molecule has 0 aliphatic rings. The molecule has 6 nitrogen and oxygen atoms in total. The zero-order valence-corrected chi connectivity index (χ0v) is 13.5. The Morgan fingerprint density at radius 3 is 2.67 bits per heavy atom. The minimum atomic E-state index is -0.314. The van der Waals surface area contributed by atoms with Crippen LogP contribution in [0.1, 0.15) is 33.5 Å². The molecule has 2 heterocycles.